The molecule has 1 aliphatic heterocycles. The zero-order chi connectivity index (χ0) is 25.2. The van der Waals surface area contributed by atoms with Crippen LogP contribution in [0, 0.1) is 5.82 Å². The number of aliphatic hydroxyl groups excluding tert-OH is 1. The van der Waals surface area contributed by atoms with Crippen LogP contribution < -0.4 is 5.73 Å². The fourth-order valence-corrected chi connectivity index (χ4v) is 5.24. The van der Waals surface area contributed by atoms with Crippen LogP contribution in [0.25, 0.3) is 28.1 Å². The van der Waals surface area contributed by atoms with E-state index in [1.54, 1.807) is 18.2 Å². The summed E-state index contributed by atoms with van der Waals surface area (Å²) < 4.78 is 58.6. The summed E-state index contributed by atoms with van der Waals surface area (Å²) in [5, 5.41) is 18.6. The van der Waals surface area contributed by atoms with Gasteiger partial charge in [-0.25, -0.2) is 9.37 Å². The SMILES string of the molecule is Cl.Cl.NC1CCN([C@H](c2ccc3nnc(-c4ccc5cc(F)c(C6(CO)CC6)cc5n4)n3c2)C(F)(F)F)C1. The van der Waals surface area contributed by atoms with Crippen LogP contribution in [0.3, 0.4) is 0 Å². The maximum absolute atomic E-state index is 14.7. The van der Waals surface area contributed by atoms with Gasteiger partial charge in [0.25, 0.3) is 0 Å². The summed E-state index contributed by atoms with van der Waals surface area (Å²) in [6.45, 7) is 0.283. The molecule has 1 aliphatic carbocycles. The van der Waals surface area contributed by atoms with Gasteiger partial charge in [0.05, 0.1) is 12.1 Å². The minimum atomic E-state index is -4.49. The minimum Gasteiger partial charge on any atom is -0.395 e. The number of halogens is 6. The van der Waals surface area contributed by atoms with E-state index in [2.05, 4.69) is 15.2 Å². The Balaban J connectivity index is 0.00000168. The Morgan fingerprint density at radius 3 is 2.50 bits per heavy atom. The third kappa shape index (κ3) is 4.82. The topological polar surface area (TPSA) is 92.6 Å². The maximum Gasteiger partial charge on any atom is 0.408 e. The number of aromatic nitrogens is 4. The highest BCUT2D eigenvalue weighted by molar-refractivity contribution is 5.85. The Labute approximate surface area is 227 Å². The minimum absolute atomic E-state index is 0. The van der Waals surface area contributed by atoms with Gasteiger partial charge in [0.1, 0.15) is 17.6 Å². The fourth-order valence-electron chi connectivity index (χ4n) is 5.24. The summed E-state index contributed by atoms with van der Waals surface area (Å²) in [4.78, 5) is 5.99. The van der Waals surface area contributed by atoms with Gasteiger partial charge in [0.2, 0.25) is 0 Å². The summed E-state index contributed by atoms with van der Waals surface area (Å²) in [7, 11) is 0. The van der Waals surface area contributed by atoms with E-state index in [0.29, 0.717) is 47.1 Å². The van der Waals surface area contributed by atoms with E-state index >= 15 is 0 Å². The lowest BCUT2D eigenvalue weighted by Gasteiger charge is -2.30. The van der Waals surface area contributed by atoms with Gasteiger partial charge in [-0.3, -0.25) is 9.30 Å². The highest BCUT2D eigenvalue weighted by atomic mass is 35.5. The molecule has 1 saturated carbocycles. The van der Waals surface area contributed by atoms with Gasteiger partial charge in [-0.1, -0.05) is 12.1 Å². The first-order chi connectivity index (χ1) is 17.2. The fraction of sp³-hybridized carbons (Fsp3) is 0.400. The molecule has 2 atom stereocenters. The highest BCUT2D eigenvalue weighted by Crippen LogP contribution is 2.49. The lowest BCUT2D eigenvalue weighted by molar-refractivity contribution is -0.183. The molecule has 4 aromatic rings. The molecule has 1 saturated heterocycles. The molecule has 2 fully saturated rings. The molecular weight excluding hydrogens is 547 g/mol. The number of hydrogen-bond donors (Lipinski definition) is 2. The zero-order valence-corrected chi connectivity index (χ0v) is 21.7. The van der Waals surface area contributed by atoms with Crippen molar-refractivity contribution in [2.45, 2.75) is 42.9 Å². The van der Waals surface area contributed by atoms with E-state index in [-0.39, 0.29) is 67.8 Å². The Morgan fingerprint density at radius 1 is 1.11 bits per heavy atom. The molecule has 204 valence electrons. The first-order valence-electron chi connectivity index (χ1n) is 11.8. The lowest BCUT2D eigenvalue weighted by atomic mass is 9.95. The maximum atomic E-state index is 14.7. The van der Waals surface area contributed by atoms with Gasteiger partial charge in [0, 0.05) is 36.1 Å². The Hall–Kier alpha value is -2.57. The van der Waals surface area contributed by atoms with Crippen molar-refractivity contribution in [2.75, 3.05) is 19.7 Å². The molecule has 6 rings (SSSR count). The Kier molecular flexibility index (Phi) is 7.63. The molecule has 13 heteroatoms. The van der Waals surface area contributed by atoms with Crippen LogP contribution in [0.5, 0.6) is 0 Å². The second-order valence-corrected chi connectivity index (χ2v) is 9.86. The highest BCUT2D eigenvalue weighted by Gasteiger charge is 2.47. The van der Waals surface area contributed by atoms with Gasteiger partial charge >= 0.3 is 6.18 Å². The standard InChI is InChI=1S/C25H24F4N6O.2ClH/c26-18-9-14-1-3-19(31-20(14)10-17(18)24(13-36)6-7-24)23-33-32-21-4-2-15(11-35(21)23)22(25(27,28)29)34-8-5-16(30)12-34;;/h1-4,9-11,16,22,36H,5-8,12-13,30H2;2*1H/t16?,22-;;/m1../s1. The molecule has 0 radical (unpaired) electrons. The number of pyridine rings is 2. The predicted molar refractivity (Wildman–Crippen MR) is 139 cm³/mol. The van der Waals surface area contributed by atoms with Gasteiger partial charge in [-0.05, 0) is 54.7 Å². The summed E-state index contributed by atoms with van der Waals surface area (Å²) in [5.41, 5.74) is 7.08. The molecule has 3 aromatic heterocycles. The number of likely N-dealkylation sites (tertiary alicyclic amines) is 1. The summed E-state index contributed by atoms with van der Waals surface area (Å²) in [6, 6.07) is 7.21. The normalized spacial score (nSPS) is 19.8. The molecule has 4 heterocycles. The van der Waals surface area contributed by atoms with Crippen molar-refractivity contribution < 1.29 is 22.7 Å². The lowest BCUT2D eigenvalue weighted by Crippen LogP contribution is -2.38. The summed E-state index contributed by atoms with van der Waals surface area (Å²) in [5.74, 6) is -0.108. The van der Waals surface area contributed by atoms with Crippen LogP contribution in [0.1, 0.15) is 36.4 Å². The average molecular weight is 573 g/mol. The first-order valence-corrected chi connectivity index (χ1v) is 11.8. The van der Waals surface area contributed by atoms with E-state index in [9.17, 15) is 22.7 Å². The molecule has 1 unspecified atom stereocenters. The van der Waals surface area contributed by atoms with Crippen molar-refractivity contribution in [2.24, 2.45) is 5.73 Å². The number of hydrogen-bond acceptors (Lipinski definition) is 6. The van der Waals surface area contributed by atoms with E-state index in [4.69, 9.17) is 5.73 Å². The quantitative estimate of drug-likeness (QED) is 0.340. The summed E-state index contributed by atoms with van der Waals surface area (Å²) >= 11 is 0. The first kappa shape index (κ1) is 28.4. The molecule has 1 aromatic carbocycles. The van der Waals surface area contributed by atoms with Crippen molar-refractivity contribution in [3.05, 3.63) is 59.5 Å². The number of alkyl halides is 3. The van der Waals surface area contributed by atoms with Crippen molar-refractivity contribution in [3.8, 4) is 11.5 Å². The summed E-state index contributed by atoms with van der Waals surface area (Å²) in [6.07, 6.45) is -1.18. The van der Waals surface area contributed by atoms with Gasteiger partial charge in [0.15, 0.2) is 11.5 Å². The van der Waals surface area contributed by atoms with Crippen LogP contribution in [0.2, 0.25) is 0 Å². The molecule has 3 N–H and O–H groups in total. The van der Waals surface area contributed by atoms with E-state index in [1.807, 2.05) is 0 Å². The smallest absolute Gasteiger partial charge is 0.395 e. The Bertz CT molecular complexity index is 1480. The molecule has 2 aliphatic rings. The van der Waals surface area contributed by atoms with Crippen molar-refractivity contribution in [3.63, 3.8) is 0 Å². The van der Waals surface area contributed by atoms with Crippen molar-refractivity contribution >= 4 is 41.4 Å². The van der Waals surface area contributed by atoms with E-state index < -0.39 is 17.6 Å². The largest absolute Gasteiger partial charge is 0.408 e. The second-order valence-electron chi connectivity index (χ2n) is 9.86. The van der Waals surface area contributed by atoms with Crippen LogP contribution in [0.15, 0.2) is 42.6 Å². The van der Waals surface area contributed by atoms with Crippen LogP contribution >= 0.6 is 24.8 Å². The van der Waals surface area contributed by atoms with Gasteiger partial charge in [-0.15, -0.1) is 35.0 Å². The Morgan fingerprint density at radius 2 is 1.87 bits per heavy atom. The zero-order valence-electron chi connectivity index (χ0n) is 20.0. The van der Waals surface area contributed by atoms with Gasteiger partial charge < -0.3 is 10.8 Å². The molecule has 7 nitrogen and oxygen atoms in total. The third-order valence-electron chi connectivity index (χ3n) is 7.41. The van der Waals surface area contributed by atoms with Gasteiger partial charge in [-0.2, -0.15) is 13.2 Å². The van der Waals surface area contributed by atoms with E-state index in [0.717, 1.165) is 0 Å². The van der Waals surface area contributed by atoms with Crippen LogP contribution in [-0.2, 0) is 5.41 Å². The number of fused-ring (bicyclic) bond motifs is 2. The molecule has 0 spiro atoms. The number of nitrogens with two attached hydrogens (primary N) is 1. The number of benzene rings is 1. The van der Waals surface area contributed by atoms with Crippen LogP contribution in [-0.4, -0.2) is 61.5 Å². The van der Waals surface area contributed by atoms with Crippen molar-refractivity contribution in [1.82, 2.24) is 24.5 Å². The number of aliphatic hydroxyl groups is 1. The third-order valence-corrected chi connectivity index (χ3v) is 7.41. The average Bonchev–Trinajstić information content (AvgIpc) is 3.34. The molecular formula is C25H26Cl2F4N6O. The molecule has 0 amide bonds. The van der Waals surface area contributed by atoms with E-state index in [1.165, 1.54) is 33.7 Å². The number of rotatable bonds is 5. The molecule has 38 heavy (non-hydrogen) atoms. The second kappa shape index (κ2) is 10.2. The number of nitrogens with zero attached hydrogens (tertiary/aromatic N) is 5. The van der Waals surface area contributed by atoms with Crippen LogP contribution in [0.4, 0.5) is 17.6 Å². The predicted octanol–water partition coefficient (Wildman–Crippen LogP) is 4.59. The molecule has 0 bridgehead atoms. The van der Waals surface area contributed by atoms with Crippen molar-refractivity contribution in [1.29, 1.82) is 0 Å². The monoisotopic (exact) mass is 572 g/mol.